The zero-order chi connectivity index (χ0) is 12.3. The molecule has 0 fully saturated rings. The summed E-state index contributed by atoms with van der Waals surface area (Å²) in [5.74, 6) is -0.333. The van der Waals surface area contributed by atoms with E-state index in [1.54, 1.807) is 17.4 Å². The van der Waals surface area contributed by atoms with Gasteiger partial charge in [0.25, 0.3) is 0 Å². The van der Waals surface area contributed by atoms with E-state index in [-0.39, 0.29) is 12.3 Å². The molecule has 0 aromatic carbocycles. The first-order valence-electron chi connectivity index (χ1n) is 4.57. The van der Waals surface area contributed by atoms with Crippen molar-refractivity contribution >= 4 is 49.6 Å². The molecular formula is C10H6BrN3OS2. The molecular weight excluding hydrogens is 322 g/mol. The van der Waals surface area contributed by atoms with Crippen LogP contribution >= 0.6 is 38.6 Å². The van der Waals surface area contributed by atoms with Crippen molar-refractivity contribution in [3.8, 4) is 16.6 Å². The van der Waals surface area contributed by atoms with E-state index in [9.17, 15) is 4.79 Å². The number of carbonyl (C=O) groups excluding carboxylic acids is 1. The standard InChI is InChI=1S/C10H6BrN3OS2/c11-8-2-1-7(17-8)6-5-16-10(13-6)14-9(15)3-4-12/h1-2,5H,3H2,(H,13,14,15). The quantitative estimate of drug-likeness (QED) is 0.938. The van der Waals surface area contributed by atoms with Crippen LogP contribution in [0.1, 0.15) is 6.42 Å². The highest BCUT2D eigenvalue weighted by molar-refractivity contribution is 9.11. The maximum Gasteiger partial charge on any atom is 0.240 e. The van der Waals surface area contributed by atoms with Gasteiger partial charge in [-0.05, 0) is 28.1 Å². The summed E-state index contributed by atoms with van der Waals surface area (Å²) in [7, 11) is 0. The Morgan fingerprint density at radius 2 is 2.41 bits per heavy atom. The fourth-order valence-corrected chi connectivity index (χ4v) is 3.28. The van der Waals surface area contributed by atoms with Gasteiger partial charge in [-0.1, -0.05) is 0 Å². The van der Waals surface area contributed by atoms with E-state index in [4.69, 9.17) is 5.26 Å². The third-order valence-corrected chi connectivity index (χ3v) is 4.22. The summed E-state index contributed by atoms with van der Waals surface area (Å²) < 4.78 is 1.04. The van der Waals surface area contributed by atoms with Crippen molar-refractivity contribution < 1.29 is 4.79 Å². The third-order valence-electron chi connectivity index (χ3n) is 1.82. The van der Waals surface area contributed by atoms with E-state index in [1.165, 1.54) is 11.3 Å². The van der Waals surface area contributed by atoms with Crippen LogP contribution in [0.4, 0.5) is 5.13 Å². The number of carbonyl (C=O) groups is 1. The second-order valence-electron chi connectivity index (χ2n) is 3.02. The van der Waals surface area contributed by atoms with Gasteiger partial charge in [-0.15, -0.1) is 22.7 Å². The average Bonchev–Trinajstić information content (AvgIpc) is 2.87. The van der Waals surface area contributed by atoms with Crippen LogP contribution in [0.15, 0.2) is 21.3 Å². The number of amides is 1. The number of hydrogen-bond donors (Lipinski definition) is 1. The molecule has 86 valence electrons. The predicted octanol–water partition coefficient (Wildman–Crippen LogP) is 3.49. The molecule has 0 atom stereocenters. The van der Waals surface area contributed by atoms with Crippen LogP contribution in [0, 0.1) is 11.3 Å². The first-order valence-corrected chi connectivity index (χ1v) is 7.06. The highest BCUT2D eigenvalue weighted by Gasteiger charge is 2.09. The van der Waals surface area contributed by atoms with E-state index in [1.807, 2.05) is 17.5 Å². The van der Waals surface area contributed by atoms with Crippen LogP contribution in [0.2, 0.25) is 0 Å². The van der Waals surface area contributed by atoms with E-state index < -0.39 is 0 Å². The Hall–Kier alpha value is -1.23. The minimum Gasteiger partial charge on any atom is -0.301 e. The number of anilines is 1. The minimum atomic E-state index is -0.333. The Kier molecular flexibility index (Phi) is 3.89. The van der Waals surface area contributed by atoms with E-state index in [0.717, 1.165) is 14.4 Å². The monoisotopic (exact) mass is 327 g/mol. The van der Waals surface area contributed by atoms with Crippen LogP contribution < -0.4 is 5.32 Å². The zero-order valence-corrected chi connectivity index (χ0v) is 11.7. The molecule has 0 aliphatic carbocycles. The number of rotatable bonds is 3. The molecule has 2 aromatic rings. The highest BCUT2D eigenvalue weighted by Crippen LogP contribution is 2.32. The lowest BCUT2D eigenvalue weighted by Crippen LogP contribution is -2.09. The molecule has 0 aliphatic rings. The Balaban J connectivity index is 2.11. The molecule has 1 N–H and O–H groups in total. The summed E-state index contributed by atoms with van der Waals surface area (Å²) in [6, 6.07) is 5.70. The maximum atomic E-state index is 11.2. The van der Waals surface area contributed by atoms with E-state index >= 15 is 0 Å². The van der Waals surface area contributed by atoms with Crippen molar-refractivity contribution in [2.45, 2.75) is 6.42 Å². The van der Waals surface area contributed by atoms with E-state index in [2.05, 4.69) is 26.2 Å². The van der Waals surface area contributed by atoms with Gasteiger partial charge in [0.2, 0.25) is 5.91 Å². The van der Waals surface area contributed by atoms with Crippen molar-refractivity contribution in [3.63, 3.8) is 0 Å². The first-order chi connectivity index (χ1) is 8.19. The molecule has 4 nitrogen and oxygen atoms in total. The molecule has 2 rings (SSSR count). The van der Waals surface area contributed by atoms with Crippen LogP contribution in [-0.2, 0) is 4.79 Å². The number of thiophene rings is 1. The van der Waals surface area contributed by atoms with Gasteiger partial charge in [0.05, 0.1) is 20.4 Å². The lowest BCUT2D eigenvalue weighted by molar-refractivity contribution is -0.115. The molecule has 0 bridgehead atoms. The minimum absolute atomic E-state index is 0.153. The molecule has 0 radical (unpaired) electrons. The van der Waals surface area contributed by atoms with E-state index in [0.29, 0.717) is 5.13 Å². The van der Waals surface area contributed by atoms with Gasteiger partial charge in [-0.2, -0.15) is 5.26 Å². The number of thiazole rings is 1. The fourth-order valence-electron chi connectivity index (χ4n) is 1.13. The van der Waals surface area contributed by atoms with Gasteiger partial charge < -0.3 is 5.32 Å². The molecule has 7 heteroatoms. The maximum absolute atomic E-state index is 11.2. The third kappa shape index (κ3) is 3.12. The molecule has 1 amide bonds. The summed E-state index contributed by atoms with van der Waals surface area (Å²) in [5, 5.41) is 13.3. The molecule has 0 saturated heterocycles. The van der Waals surface area contributed by atoms with Gasteiger partial charge in [0.1, 0.15) is 6.42 Å². The summed E-state index contributed by atoms with van der Waals surface area (Å²) in [5.41, 5.74) is 0.831. The largest absolute Gasteiger partial charge is 0.301 e. The van der Waals surface area contributed by atoms with Crippen molar-refractivity contribution in [2.75, 3.05) is 5.32 Å². The van der Waals surface area contributed by atoms with Gasteiger partial charge >= 0.3 is 0 Å². The van der Waals surface area contributed by atoms with Gasteiger partial charge in [0.15, 0.2) is 5.13 Å². The van der Waals surface area contributed by atoms with Crippen molar-refractivity contribution in [2.24, 2.45) is 0 Å². The highest BCUT2D eigenvalue weighted by atomic mass is 79.9. The van der Waals surface area contributed by atoms with Crippen molar-refractivity contribution in [3.05, 3.63) is 21.3 Å². The lowest BCUT2D eigenvalue weighted by Gasteiger charge is -1.95. The molecule has 2 aromatic heterocycles. The van der Waals surface area contributed by atoms with Gasteiger partial charge in [-0.3, -0.25) is 4.79 Å². The van der Waals surface area contributed by atoms with Crippen LogP contribution in [0.25, 0.3) is 10.6 Å². The Morgan fingerprint density at radius 1 is 1.59 bits per heavy atom. The summed E-state index contributed by atoms with van der Waals surface area (Å²) in [6.07, 6.45) is -0.153. The lowest BCUT2D eigenvalue weighted by atomic mass is 10.4. The second kappa shape index (κ2) is 5.40. The molecule has 0 spiro atoms. The van der Waals surface area contributed by atoms with Crippen molar-refractivity contribution in [1.82, 2.24) is 4.98 Å². The molecule has 0 saturated carbocycles. The number of nitrogens with zero attached hydrogens (tertiary/aromatic N) is 2. The summed E-state index contributed by atoms with van der Waals surface area (Å²) in [6.45, 7) is 0. The summed E-state index contributed by atoms with van der Waals surface area (Å²) in [4.78, 5) is 16.5. The van der Waals surface area contributed by atoms with Gasteiger partial charge in [0, 0.05) is 5.38 Å². The topological polar surface area (TPSA) is 65.8 Å². The van der Waals surface area contributed by atoms with Crippen LogP contribution in [-0.4, -0.2) is 10.9 Å². The SMILES string of the molecule is N#CCC(=O)Nc1nc(-c2ccc(Br)s2)cs1. The predicted molar refractivity (Wildman–Crippen MR) is 72.0 cm³/mol. The number of nitriles is 1. The normalized spacial score (nSPS) is 9.88. The Morgan fingerprint density at radius 3 is 3.06 bits per heavy atom. The van der Waals surface area contributed by atoms with Crippen LogP contribution in [0.3, 0.4) is 0 Å². The smallest absolute Gasteiger partial charge is 0.240 e. The average molecular weight is 328 g/mol. The number of halogens is 1. The van der Waals surface area contributed by atoms with Crippen LogP contribution in [0.5, 0.6) is 0 Å². The number of hydrogen-bond acceptors (Lipinski definition) is 5. The first kappa shape index (κ1) is 12.2. The number of nitrogens with one attached hydrogen (secondary N) is 1. The Bertz CT molecular complexity index is 584. The zero-order valence-electron chi connectivity index (χ0n) is 8.44. The Labute approximate surface area is 114 Å². The molecule has 0 aliphatic heterocycles. The summed E-state index contributed by atoms with van der Waals surface area (Å²) >= 11 is 6.31. The number of aromatic nitrogens is 1. The molecule has 0 unspecified atom stereocenters. The van der Waals surface area contributed by atoms with Gasteiger partial charge in [-0.25, -0.2) is 4.98 Å². The van der Waals surface area contributed by atoms with Crippen molar-refractivity contribution in [1.29, 1.82) is 5.26 Å². The molecule has 2 heterocycles. The second-order valence-corrected chi connectivity index (χ2v) is 6.35. The fraction of sp³-hybridized carbons (Fsp3) is 0.100. The molecule has 17 heavy (non-hydrogen) atoms.